The van der Waals surface area contributed by atoms with Crippen molar-refractivity contribution in [2.75, 3.05) is 38.2 Å². The third-order valence-corrected chi connectivity index (χ3v) is 4.12. The fraction of sp³-hybridized carbons (Fsp3) is 0.375. The van der Waals surface area contributed by atoms with Crippen molar-refractivity contribution in [3.63, 3.8) is 0 Å². The first-order valence-corrected chi connectivity index (χ1v) is 7.71. The maximum atomic E-state index is 6.21. The molecule has 0 saturated carbocycles. The molecule has 22 heavy (non-hydrogen) atoms. The van der Waals surface area contributed by atoms with Crippen molar-refractivity contribution in [1.82, 2.24) is 14.9 Å². The van der Waals surface area contributed by atoms with Crippen molar-refractivity contribution in [1.29, 1.82) is 0 Å². The average molecular weight is 319 g/mol. The largest absolute Gasteiger partial charge is 0.481 e. The Hall–Kier alpha value is -1.85. The monoisotopic (exact) mass is 318 g/mol. The SMILES string of the molecule is COc1ccc(CN2CCN(c3ncccc3Cl)CC2)cn1. The summed E-state index contributed by atoms with van der Waals surface area (Å²) in [7, 11) is 1.63. The minimum atomic E-state index is 0.651. The van der Waals surface area contributed by atoms with Gasteiger partial charge in [-0.3, -0.25) is 4.90 Å². The Morgan fingerprint density at radius 2 is 1.95 bits per heavy atom. The van der Waals surface area contributed by atoms with Gasteiger partial charge in [0.05, 0.1) is 12.1 Å². The highest BCUT2D eigenvalue weighted by Crippen LogP contribution is 2.23. The van der Waals surface area contributed by atoms with E-state index in [9.17, 15) is 0 Å². The maximum Gasteiger partial charge on any atom is 0.212 e. The van der Waals surface area contributed by atoms with Gasteiger partial charge in [-0.15, -0.1) is 0 Å². The zero-order chi connectivity index (χ0) is 15.4. The molecule has 3 heterocycles. The van der Waals surface area contributed by atoms with Gasteiger partial charge in [-0.2, -0.15) is 0 Å². The Morgan fingerprint density at radius 1 is 1.14 bits per heavy atom. The van der Waals surface area contributed by atoms with Crippen molar-refractivity contribution in [2.24, 2.45) is 0 Å². The van der Waals surface area contributed by atoms with Crippen molar-refractivity contribution >= 4 is 17.4 Å². The average Bonchev–Trinajstić information content (AvgIpc) is 2.57. The van der Waals surface area contributed by atoms with Gasteiger partial charge in [0, 0.05) is 51.2 Å². The Morgan fingerprint density at radius 3 is 2.59 bits per heavy atom. The van der Waals surface area contributed by atoms with E-state index in [1.54, 1.807) is 13.3 Å². The molecule has 1 fully saturated rings. The van der Waals surface area contributed by atoms with E-state index in [1.165, 1.54) is 5.56 Å². The van der Waals surface area contributed by atoms with E-state index in [0.717, 1.165) is 43.6 Å². The van der Waals surface area contributed by atoms with Crippen LogP contribution in [0, 0.1) is 0 Å². The smallest absolute Gasteiger partial charge is 0.212 e. The van der Waals surface area contributed by atoms with Crippen LogP contribution in [0.3, 0.4) is 0 Å². The van der Waals surface area contributed by atoms with Crippen LogP contribution in [0.1, 0.15) is 5.56 Å². The first-order valence-electron chi connectivity index (χ1n) is 7.33. The molecule has 0 spiro atoms. The van der Waals surface area contributed by atoms with Gasteiger partial charge in [0.15, 0.2) is 0 Å². The van der Waals surface area contributed by atoms with E-state index in [-0.39, 0.29) is 0 Å². The van der Waals surface area contributed by atoms with E-state index in [1.807, 2.05) is 24.4 Å². The fourth-order valence-corrected chi connectivity index (χ4v) is 2.85. The lowest BCUT2D eigenvalue weighted by Gasteiger charge is -2.35. The Labute approximate surface area is 135 Å². The number of methoxy groups -OCH3 is 1. The number of hydrogen-bond donors (Lipinski definition) is 0. The number of aromatic nitrogens is 2. The second kappa shape index (κ2) is 6.94. The van der Waals surface area contributed by atoms with Gasteiger partial charge in [-0.1, -0.05) is 17.7 Å². The standard InChI is InChI=1S/C16H19ClN4O/c1-22-15-5-4-13(11-19-15)12-20-7-9-21(10-8-20)16-14(17)3-2-6-18-16/h2-6,11H,7-10,12H2,1H3. The molecule has 5 nitrogen and oxygen atoms in total. The van der Waals surface area contributed by atoms with Gasteiger partial charge in [-0.25, -0.2) is 9.97 Å². The predicted octanol–water partition coefficient (Wildman–Crippen LogP) is 2.46. The number of pyridine rings is 2. The van der Waals surface area contributed by atoms with Crippen LogP contribution in [-0.2, 0) is 6.54 Å². The van der Waals surface area contributed by atoms with Crippen LogP contribution < -0.4 is 9.64 Å². The summed E-state index contributed by atoms with van der Waals surface area (Å²) in [5.41, 5.74) is 1.20. The molecule has 116 valence electrons. The van der Waals surface area contributed by atoms with Crippen LogP contribution in [0.15, 0.2) is 36.7 Å². The zero-order valence-corrected chi connectivity index (χ0v) is 13.3. The number of piperazine rings is 1. The first-order chi connectivity index (χ1) is 10.8. The molecule has 1 aliphatic rings. The number of halogens is 1. The third-order valence-electron chi connectivity index (χ3n) is 3.82. The molecule has 0 aromatic carbocycles. The lowest BCUT2D eigenvalue weighted by Crippen LogP contribution is -2.46. The van der Waals surface area contributed by atoms with Gasteiger partial charge < -0.3 is 9.64 Å². The Kier molecular flexibility index (Phi) is 4.75. The van der Waals surface area contributed by atoms with Crippen LogP contribution in [0.4, 0.5) is 5.82 Å². The predicted molar refractivity (Wildman–Crippen MR) is 87.5 cm³/mol. The van der Waals surface area contributed by atoms with Gasteiger partial charge in [0.1, 0.15) is 5.82 Å². The minimum absolute atomic E-state index is 0.651. The number of nitrogens with zero attached hydrogens (tertiary/aromatic N) is 4. The molecule has 3 rings (SSSR count). The summed E-state index contributed by atoms with van der Waals surface area (Å²) in [6, 6.07) is 7.71. The molecule has 0 radical (unpaired) electrons. The third kappa shape index (κ3) is 3.48. The summed E-state index contributed by atoms with van der Waals surface area (Å²) in [5, 5.41) is 0.718. The maximum absolute atomic E-state index is 6.21. The lowest BCUT2D eigenvalue weighted by atomic mass is 10.2. The number of rotatable bonds is 4. The molecule has 0 unspecified atom stereocenters. The number of anilines is 1. The molecule has 0 N–H and O–H groups in total. The van der Waals surface area contributed by atoms with Crippen LogP contribution in [0.2, 0.25) is 5.02 Å². The first kappa shape index (κ1) is 15.1. The molecule has 2 aromatic rings. The summed E-state index contributed by atoms with van der Waals surface area (Å²) in [4.78, 5) is 13.3. The van der Waals surface area contributed by atoms with Crippen LogP contribution in [0.5, 0.6) is 5.88 Å². The molecule has 0 atom stereocenters. The van der Waals surface area contributed by atoms with Crippen LogP contribution in [0.25, 0.3) is 0 Å². The quantitative estimate of drug-likeness (QED) is 0.866. The van der Waals surface area contributed by atoms with Crippen molar-refractivity contribution < 1.29 is 4.74 Å². The molecule has 0 amide bonds. The summed E-state index contributed by atoms with van der Waals surface area (Å²) in [6.45, 7) is 4.74. The zero-order valence-electron chi connectivity index (χ0n) is 12.6. The van der Waals surface area contributed by atoms with E-state index >= 15 is 0 Å². The number of hydrogen-bond acceptors (Lipinski definition) is 5. The van der Waals surface area contributed by atoms with E-state index in [0.29, 0.717) is 5.88 Å². The van der Waals surface area contributed by atoms with Crippen molar-refractivity contribution in [3.05, 3.63) is 47.2 Å². The summed E-state index contributed by atoms with van der Waals surface area (Å²) < 4.78 is 5.08. The summed E-state index contributed by atoms with van der Waals surface area (Å²) in [6.07, 6.45) is 3.66. The van der Waals surface area contributed by atoms with Gasteiger partial charge in [-0.05, 0) is 17.7 Å². The fourth-order valence-electron chi connectivity index (χ4n) is 2.61. The molecule has 0 bridgehead atoms. The van der Waals surface area contributed by atoms with Crippen LogP contribution >= 0.6 is 11.6 Å². The Bertz CT molecular complexity index is 612. The van der Waals surface area contributed by atoms with Gasteiger partial charge in [0.25, 0.3) is 0 Å². The second-order valence-electron chi connectivity index (χ2n) is 5.28. The van der Waals surface area contributed by atoms with Gasteiger partial charge in [0.2, 0.25) is 5.88 Å². The van der Waals surface area contributed by atoms with Crippen molar-refractivity contribution in [2.45, 2.75) is 6.54 Å². The molecule has 6 heteroatoms. The molecule has 2 aromatic heterocycles. The highest BCUT2D eigenvalue weighted by Gasteiger charge is 2.19. The highest BCUT2D eigenvalue weighted by molar-refractivity contribution is 6.32. The normalized spacial score (nSPS) is 15.8. The van der Waals surface area contributed by atoms with E-state index in [4.69, 9.17) is 16.3 Å². The molecule has 1 aliphatic heterocycles. The lowest BCUT2D eigenvalue weighted by molar-refractivity contribution is 0.249. The number of ether oxygens (including phenoxy) is 1. The molecular weight excluding hydrogens is 300 g/mol. The van der Waals surface area contributed by atoms with Crippen LogP contribution in [-0.4, -0.2) is 48.2 Å². The van der Waals surface area contributed by atoms with Crippen molar-refractivity contribution in [3.8, 4) is 5.88 Å². The Balaban J connectivity index is 1.56. The van der Waals surface area contributed by atoms with Gasteiger partial charge >= 0.3 is 0 Å². The molecule has 1 saturated heterocycles. The summed E-state index contributed by atoms with van der Waals surface area (Å²) >= 11 is 6.21. The van der Waals surface area contributed by atoms with E-state index in [2.05, 4.69) is 25.8 Å². The second-order valence-corrected chi connectivity index (χ2v) is 5.69. The molecule has 0 aliphatic carbocycles. The topological polar surface area (TPSA) is 41.5 Å². The van der Waals surface area contributed by atoms with E-state index < -0.39 is 0 Å². The minimum Gasteiger partial charge on any atom is -0.481 e. The molecular formula is C16H19ClN4O. The summed E-state index contributed by atoms with van der Waals surface area (Å²) in [5.74, 6) is 1.54. The highest BCUT2D eigenvalue weighted by atomic mass is 35.5.